The quantitative estimate of drug-likeness (QED) is 0.391. The zero-order valence-electron chi connectivity index (χ0n) is 20.0. The van der Waals surface area contributed by atoms with Gasteiger partial charge in [0.15, 0.2) is 0 Å². The third-order valence-corrected chi connectivity index (χ3v) is 6.29. The van der Waals surface area contributed by atoms with Gasteiger partial charge in [0.1, 0.15) is 0 Å². The summed E-state index contributed by atoms with van der Waals surface area (Å²) < 4.78 is 0. The van der Waals surface area contributed by atoms with E-state index < -0.39 is 5.97 Å². The van der Waals surface area contributed by atoms with Gasteiger partial charge in [-0.1, -0.05) is 6.07 Å². The summed E-state index contributed by atoms with van der Waals surface area (Å²) in [4.78, 5) is 30.3. The summed E-state index contributed by atoms with van der Waals surface area (Å²) in [6, 6.07) is 11.1. The number of piperazine rings is 1. The van der Waals surface area contributed by atoms with E-state index in [1.165, 1.54) is 6.07 Å². The Morgan fingerprint density at radius 1 is 1.09 bits per heavy atom. The van der Waals surface area contributed by atoms with Gasteiger partial charge in [0.2, 0.25) is 5.91 Å². The van der Waals surface area contributed by atoms with Gasteiger partial charge in [0.25, 0.3) is 0 Å². The van der Waals surface area contributed by atoms with Crippen LogP contribution in [-0.4, -0.2) is 84.3 Å². The van der Waals surface area contributed by atoms with E-state index in [9.17, 15) is 19.8 Å². The van der Waals surface area contributed by atoms with Crippen molar-refractivity contribution in [1.82, 2.24) is 9.80 Å². The van der Waals surface area contributed by atoms with Crippen molar-refractivity contribution in [2.45, 2.75) is 20.3 Å². The molecule has 9 nitrogen and oxygen atoms in total. The molecular weight excluding hydrogens is 434 g/mol. The number of carboxylic acid groups (broad SMARTS) is 1. The van der Waals surface area contributed by atoms with Crippen LogP contribution in [0.5, 0.6) is 0 Å². The average molecular weight is 470 g/mol. The van der Waals surface area contributed by atoms with Gasteiger partial charge in [0, 0.05) is 57.3 Å². The number of hydrogen-bond donors (Lipinski definition) is 4. The van der Waals surface area contributed by atoms with Crippen molar-refractivity contribution in [3.63, 3.8) is 0 Å². The number of likely N-dealkylation sites (N-methyl/N-ethyl adjacent to an activating group) is 1. The lowest BCUT2D eigenvalue weighted by atomic mass is 10.0. The van der Waals surface area contributed by atoms with Crippen LogP contribution in [0.1, 0.15) is 29.8 Å². The van der Waals surface area contributed by atoms with E-state index in [2.05, 4.69) is 21.2 Å². The first-order chi connectivity index (χ1) is 16.4. The lowest BCUT2D eigenvalue weighted by Crippen LogP contribution is -2.50. The number of hydrogen-bond acceptors (Lipinski definition) is 7. The zero-order valence-corrected chi connectivity index (χ0v) is 20.0. The lowest BCUT2D eigenvalue weighted by molar-refractivity contribution is -0.132. The molecule has 1 aliphatic rings. The molecule has 2 aromatic carbocycles. The average Bonchev–Trinajstić information content (AvgIpc) is 2.83. The van der Waals surface area contributed by atoms with E-state index >= 15 is 0 Å². The predicted octanol–water partition coefficient (Wildman–Crippen LogP) is 2.24. The van der Waals surface area contributed by atoms with Crippen LogP contribution < -0.4 is 16.0 Å². The molecule has 1 amide bonds. The first kappa shape index (κ1) is 25.3. The summed E-state index contributed by atoms with van der Waals surface area (Å²) in [5.74, 6) is -0.890. The van der Waals surface area contributed by atoms with Crippen LogP contribution in [-0.2, 0) is 11.2 Å². The molecular formula is C25H35N5O4. The lowest BCUT2D eigenvalue weighted by Gasteiger charge is -2.36. The SMILES string of the molecule is CCN(CC)C(=O)CN1CCN(c2cccc(Nc3ccc(C(=O)O)c(CCO)c3N)c2)CC1. The molecule has 1 heterocycles. The topological polar surface area (TPSA) is 122 Å². The Morgan fingerprint density at radius 3 is 2.41 bits per heavy atom. The predicted molar refractivity (Wildman–Crippen MR) is 135 cm³/mol. The van der Waals surface area contributed by atoms with Crippen molar-refractivity contribution in [2.75, 3.05) is 68.4 Å². The first-order valence-electron chi connectivity index (χ1n) is 11.8. The second kappa shape index (κ2) is 11.7. The van der Waals surface area contributed by atoms with E-state index in [4.69, 9.17) is 5.73 Å². The van der Waals surface area contributed by atoms with Crippen LogP contribution in [0.3, 0.4) is 0 Å². The minimum Gasteiger partial charge on any atom is -0.478 e. The fourth-order valence-electron chi connectivity index (χ4n) is 4.32. The largest absolute Gasteiger partial charge is 0.478 e. The Labute approximate surface area is 200 Å². The number of anilines is 4. The summed E-state index contributed by atoms with van der Waals surface area (Å²) >= 11 is 0. The van der Waals surface area contributed by atoms with Gasteiger partial charge in [0.05, 0.1) is 23.5 Å². The molecule has 9 heteroatoms. The number of carbonyl (C=O) groups excluding carboxylic acids is 1. The molecule has 0 unspecified atom stereocenters. The Bertz CT molecular complexity index is 1000. The molecule has 0 aliphatic carbocycles. The normalized spacial score (nSPS) is 14.1. The third kappa shape index (κ3) is 5.98. The first-order valence-corrected chi connectivity index (χ1v) is 11.8. The van der Waals surface area contributed by atoms with E-state index in [-0.39, 0.29) is 24.5 Å². The highest BCUT2D eigenvalue weighted by Crippen LogP contribution is 2.31. The fourth-order valence-corrected chi connectivity index (χ4v) is 4.32. The van der Waals surface area contributed by atoms with Gasteiger partial charge in [-0.25, -0.2) is 4.79 Å². The third-order valence-electron chi connectivity index (χ3n) is 6.29. The van der Waals surface area contributed by atoms with Crippen molar-refractivity contribution in [2.24, 2.45) is 0 Å². The maximum atomic E-state index is 12.4. The van der Waals surface area contributed by atoms with Crippen LogP contribution >= 0.6 is 0 Å². The van der Waals surface area contributed by atoms with Gasteiger partial charge in [-0.2, -0.15) is 0 Å². The highest BCUT2D eigenvalue weighted by atomic mass is 16.4. The van der Waals surface area contributed by atoms with Crippen LogP contribution in [0.25, 0.3) is 0 Å². The monoisotopic (exact) mass is 469 g/mol. The van der Waals surface area contributed by atoms with Gasteiger partial charge >= 0.3 is 5.97 Å². The molecule has 3 rings (SSSR count). The number of amides is 1. The minimum absolute atomic E-state index is 0.100. The number of rotatable bonds is 10. The smallest absolute Gasteiger partial charge is 0.336 e. The zero-order chi connectivity index (χ0) is 24.7. The summed E-state index contributed by atoms with van der Waals surface area (Å²) in [7, 11) is 0. The van der Waals surface area contributed by atoms with Crippen molar-refractivity contribution in [1.29, 1.82) is 0 Å². The standard InChI is InChI=1S/C25H35N5O4/c1-3-29(4-2)23(32)17-28-11-13-30(14-12-28)19-7-5-6-18(16-19)27-22-9-8-21(25(33)34)20(10-15-31)24(22)26/h5-9,16,27,31H,3-4,10-15,17,26H2,1-2H3,(H,33,34). The van der Waals surface area contributed by atoms with Crippen molar-refractivity contribution >= 4 is 34.6 Å². The van der Waals surface area contributed by atoms with E-state index in [1.54, 1.807) is 6.07 Å². The van der Waals surface area contributed by atoms with Gasteiger partial charge in [-0.3, -0.25) is 9.69 Å². The Hall–Kier alpha value is -3.30. The molecule has 1 saturated heterocycles. The summed E-state index contributed by atoms with van der Waals surface area (Å²) in [5.41, 5.74) is 9.60. The van der Waals surface area contributed by atoms with E-state index in [0.29, 0.717) is 23.5 Å². The van der Waals surface area contributed by atoms with Crippen molar-refractivity contribution < 1.29 is 19.8 Å². The second-order valence-electron chi connectivity index (χ2n) is 8.34. The van der Waals surface area contributed by atoms with Crippen LogP contribution in [0.15, 0.2) is 36.4 Å². The molecule has 0 bridgehead atoms. The number of benzene rings is 2. The molecule has 0 spiro atoms. The molecule has 5 N–H and O–H groups in total. The Morgan fingerprint density at radius 2 is 1.79 bits per heavy atom. The number of nitrogens with zero attached hydrogens (tertiary/aromatic N) is 3. The second-order valence-corrected chi connectivity index (χ2v) is 8.34. The Kier molecular flexibility index (Phi) is 8.72. The van der Waals surface area contributed by atoms with Crippen LogP contribution in [0.2, 0.25) is 0 Å². The number of nitrogens with one attached hydrogen (secondary N) is 1. The highest BCUT2D eigenvalue weighted by molar-refractivity contribution is 5.94. The van der Waals surface area contributed by atoms with E-state index in [0.717, 1.165) is 50.6 Å². The molecule has 1 aliphatic heterocycles. The van der Waals surface area contributed by atoms with Gasteiger partial charge in [-0.15, -0.1) is 0 Å². The molecule has 0 radical (unpaired) electrons. The molecule has 1 fully saturated rings. The summed E-state index contributed by atoms with van der Waals surface area (Å²) in [6.45, 7) is 9.03. The maximum absolute atomic E-state index is 12.4. The van der Waals surface area contributed by atoms with Crippen molar-refractivity contribution in [3.05, 3.63) is 47.5 Å². The molecule has 0 saturated carbocycles. The number of aliphatic hydroxyl groups excluding tert-OH is 1. The number of carbonyl (C=O) groups is 2. The van der Waals surface area contributed by atoms with Gasteiger partial charge in [-0.05, 0) is 56.2 Å². The number of aliphatic hydroxyl groups is 1. The molecule has 0 atom stereocenters. The number of nitrogens with two attached hydrogens (primary N) is 1. The maximum Gasteiger partial charge on any atom is 0.336 e. The van der Waals surface area contributed by atoms with Crippen molar-refractivity contribution in [3.8, 4) is 0 Å². The molecule has 0 aromatic heterocycles. The number of aromatic carboxylic acids is 1. The fraction of sp³-hybridized carbons (Fsp3) is 0.440. The van der Waals surface area contributed by atoms with Crippen LogP contribution in [0, 0.1) is 0 Å². The minimum atomic E-state index is -1.07. The molecule has 184 valence electrons. The summed E-state index contributed by atoms with van der Waals surface area (Å²) in [6.07, 6.45) is 0.171. The highest BCUT2D eigenvalue weighted by Gasteiger charge is 2.21. The Balaban J connectivity index is 1.67. The molecule has 2 aromatic rings. The van der Waals surface area contributed by atoms with Gasteiger partial charge < -0.3 is 31.1 Å². The van der Waals surface area contributed by atoms with Crippen LogP contribution in [0.4, 0.5) is 22.7 Å². The number of carboxylic acids is 1. The molecule has 34 heavy (non-hydrogen) atoms. The number of nitrogen functional groups attached to an aromatic ring is 1. The summed E-state index contributed by atoms with van der Waals surface area (Å²) in [5, 5.41) is 22.0. The van der Waals surface area contributed by atoms with E-state index in [1.807, 2.05) is 36.9 Å².